The highest BCUT2D eigenvalue weighted by Crippen LogP contribution is 2.23. The van der Waals surface area contributed by atoms with Gasteiger partial charge in [-0.05, 0) is 0 Å². The Morgan fingerprint density at radius 3 is 2.21 bits per heavy atom. The van der Waals surface area contributed by atoms with Crippen LogP contribution in [-0.4, -0.2) is 66.9 Å². The number of ether oxygens (including phenoxy) is 3. The summed E-state index contributed by atoms with van der Waals surface area (Å²) >= 11 is 0. The quantitative estimate of drug-likeness (QED) is 0.501. The first-order valence-corrected chi connectivity index (χ1v) is 4.33. The van der Waals surface area contributed by atoms with Crippen LogP contribution in [-0.2, 0) is 14.2 Å². The van der Waals surface area contributed by atoms with Crippen molar-refractivity contribution in [2.45, 2.75) is 30.7 Å². The topological polar surface area (TPSA) is 88.4 Å². The van der Waals surface area contributed by atoms with Gasteiger partial charge in [0.15, 0.2) is 6.29 Å². The van der Waals surface area contributed by atoms with Crippen molar-refractivity contribution in [1.29, 1.82) is 0 Å². The minimum absolute atomic E-state index is 0.303. The van der Waals surface area contributed by atoms with Gasteiger partial charge in [0.05, 0.1) is 6.61 Å². The van der Waals surface area contributed by atoms with Crippen molar-refractivity contribution in [3.8, 4) is 0 Å². The molecule has 0 radical (unpaired) electrons. The summed E-state index contributed by atoms with van der Waals surface area (Å²) in [5, 5.41) is 28.0. The Hall–Kier alpha value is -0.240. The molecule has 5 atom stereocenters. The summed E-state index contributed by atoms with van der Waals surface area (Å²) < 4.78 is 14.9. The zero-order valence-corrected chi connectivity index (χ0v) is 8.16. The predicted octanol–water partition coefficient (Wildman–Crippen LogP) is -1.91. The lowest BCUT2D eigenvalue weighted by Crippen LogP contribution is -2.59. The highest BCUT2D eigenvalue weighted by Gasteiger charge is 2.44. The summed E-state index contributed by atoms with van der Waals surface area (Å²) in [7, 11) is 2.72. The molecule has 0 aromatic heterocycles. The van der Waals surface area contributed by atoms with Gasteiger partial charge in [-0.3, -0.25) is 0 Å². The zero-order chi connectivity index (χ0) is 10.7. The molecule has 0 aromatic rings. The SMILES string of the molecule is CO[C@@H]1O[C@H](CO)[C@@H](OC)[C@H](O)[C@H]1O. The first-order valence-electron chi connectivity index (χ1n) is 4.33. The van der Waals surface area contributed by atoms with E-state index in [1.54, 1.807) is 0 Å². The van der Waals surface area contributed by atoms with Gasteiger partial charge >= 0.3 is 0 Å². The lowest BCUT2D eigenvalue weighted by atomic mass is 9.99. The fourth-order valence-corrected chi connectivity index (χ4v) is 1.54. The number of rotatable bonds is 3. The van der Waals surface area contributed by atoms with Crippen LogP contribution in [0.4, 0.5) is 0 Å². The van der Waals surface area contributed by atoms with E-state index < -0.39 is 30.7 Å². The molecular formula is C8H16O6. The van der Waals surface area contributed by atoms with E-state index in [1.807, 2.05) is 0 Å². The van der Waals surface area contributed by atoms with Crippen LogP contribution in [0.5, 0.6) is 0 Å². The summed E-state index contributed by atoms with van der Waals surface area (Å²) in [5.74, 6) is 0. The fraction of sp³-hybridized carbons (Fsp3) is 1.00. The molecule has 1 aliphatic rings. The van der Waals surface area contributed by atoms with Crippen molar-refractivity contribution < 1.29 is 29.5 Å². The Kier molecular flexibility index (Phi) is 4.24. The molecule has 0 aromatic carbocycles. The average molecular weight is 208 g/mol. The van der Waals surface area contributed by atoms with Crippen molar-refractivity contribution in [1.82, 2.24) is 0 Å². The van der Waals surface area contributed by atoms with Crippen molar-refractivity contribution >= 4 is 0 Å². The molecule has 1 aliphatic heterocycles. The van der Waals surface area contributed by atoms with Crippen LogP contribution in [0.2, 0.25) is 0 Å². The van der Waals surface area contributed by atoms with Crippen LogP contribution < -0.4 is 0 Å². The highest BCUT2D eigenvalue weighted by molar-refractivity contribution is 4.89. The Balaban J connectivity index is 2.71. The second-order valence-corrected chi connectivity index (χ2v) is 3.14. The lowest BCUT2D eigenvalue weighted by Gasteiger charge is -2.40. The smallest absolute Gasteiger partial charge is 0.186 e. The Labute approximate surface area is 82.0 Å². The molecule has 0 unspecified atom stereocenters. The van der Waals surface area contributed by atoms with Crippen molar-refractivity contribution in [2.24, 2.45) is 0 Å². The number of hydrogen-bond donors (Lipinski definition) is 3. The fourth-order valence-electron chi connectivity index (χ4n) is 1.54. The van der Waals surface area contributed by atoms with Gasteiger partial charge in [0.25, 0.3) is 0 Å². The normalized spacial score (nSPS) is 43.9. The number of methoxy groups -OCH3 is 2. The molecular weight excluding hydrogens is 192 g/mol. The first kappa shape index (κ1) is 11.8. The van der Waals surface area contributed by atoms with Crippen LogP contribution in [0, 0.1) is 0 Å². The van der Waals surface area contributed by atoms with Gasteiger partial charge in [0.1, 0.15) is 24.4 Å². The summed E-state index contributed by atoms with van der Waals surface area (Å²) in [6.45, 7) is -0.303. The molecule has 1 fully saturated rings. The molecule has 3 N–H and O–H groups in total. The van der Waals surface area contributed by atoms with Gasteiger partial charge in [-0.1, -0.05) is 0 Å². The molecule has 0 aliphatic carbocycles. The van der Waals surface area contributed by atoms with Gasteiger partial charge < -0.3 is 29.5 Å². The number of aliphatic hydroxyl groups is 3. The minimum Gasteiger partial charge on any atom is -0.394 e. The standard InChI is InChI=1S/C8H16O6/c1-12-7-4(3-9)14-8(13-2)6(11)5(7)10/h4-11H,3H2,1-2H3/t4-,5-,6-,7-,8-/m1/s1. The van der Waals surface area contributed by atoms with E-state index in [-0.39, 0.29) is 6.61 Å². The van der Waals surface area contributed by atoms with Crippen LogP contribution in [0.25, 0.3) is 0 Å². The Bertz CT molecular complexity index is 173. The third-order valence-corrected chi connectivity index (χ3v) is 2.33. The van der Waals surface area contributed by atoms with E-state index in [0.29, 0.717) is 0 Å². The second kappa shape index (κ2) is 5.01. The third-order valence-electron chi connectivity index (χ3n) is 2.33. The van der Waals surface area contributed by atoms with E-state index in [1.165, 1.54) is 14.2 Å². The maximum atomic E-state index is 9.59. The first-order chi connectivity index (χ1) is 6.65. The van der Waals surface area contributed by atoms with Crippen LogP contribution in [0.3, 0.4) is 0 Å². The van der Waals surface area contributed by atoms with Gasteiger partial charge in [-0.2, -0.15) is 0 Å². The van der Waals surface area contributed by atoms with Gasteiger partial charge in [-0.15, -0.1) is 0 Å². The third kappa shape index (κ3) is 2.05. The van der Waals surface area contributed by atoms with E-state index in [9.17, 15) is 10.2 Å². The molecule has 84 valence electrons. The van der Waals surface area contributed by atoms with Crippen LogP contribution >= 0.6 is 0 Å². The average Bonchev–Trinajstić information content (AvgIpc) is 2.21. The molecule has 1 rings (SSSR count). The maximum absolute atomic E-state index is 9.59. The molecule has 0 bridgehead atoms. The van der Waals surface area contributed by atoms with Crippen LogP contribution in [0.1, 0.15) is 0 Å². The summed E-state index contributed by atoms with van der Waals surface area (Å²) in [6.07, 6.45) is -4.68. The van der Waals surface area contributed by atoms with E-state index in [2.05, 4.69) is 0 Å². The monoisotopic (exact) mass is 208 g/mol. The summed E-state index contributed by atoms with van der Waals surface area (Å²) in [6, 6.07) is 0. The zero-order valence-electron chi connectivity index (χ0n) is 8.16. The Morgan fingerprint density at radius 1 is 1.14 bits per heavy atom. The number of aliphatic hydroxyl groups excluding tert-OH is 3. The Morgan fingerprint density at radius 2 is 1.79 bits per heavy atom. The van der Waals surface area contributed by atoms with Crippen molar-refractivity contribution in [3.63, 3.8) is 0 Å². The summed E-state index contributed by atoms with van der Waals surface area (Å²) in [4.78, 5) is 0. The summed E-state index contributed by atoms with van der Waals surface area (Å²) in [5.41, 5.74) is 0. The lowest BCUT2D eigenvalue weighted by molar-refractivity contribution is -0.298. The van der Waals surface area contributed by atoms with E-state index in [0.717, 1.165) is 0 Å². The van der Waals surface area contributed by atoms with Gasteiger partial charge in [-0.25, -0.2) is 0 Å². The number of hydrogen-bond acceptors (Lipinski definition) is 6. The molecule has 14 heavy (non-hydrogen) atoms. The highest BCUT2D eigenvalue weighted by atomic mass is 16.7. The molecule has 0 amide bonds. The molecule has 0 spiro atoms. The minimum atomic E-state index is -1.17. The maximum Gasteiger partial charge on any atom is 0.186 e. The van der Waals surface area contributed by atoms with E-state index in [4.69, 9.17) is 19.3 Å². The molecule has 6 heteroatoms. The predicted molar refractivity (Wildman–Crippen MR) is 45.6 cm³/mol. The molecule has 0 saturated carbocycles. The molecule has 1 saturated heterocycles. The van der Waals surface area contributed by atoms with E-state index >= 15 is 0 Å². The second-order valence-electron chi connectivity index (χ2n) is 3.14. The van der Waals surface area contributed by atoms with Crippen molar-refractivity contribution in [2.75, 3.05) is 20.8 Å². The molecule has 6 nitrogen and oxygen atoms in total. The largest absolute Gasteiger partial charge is 0.394 e. The van der Waals surface area contributed by atoms with Gasteiger partial charge in [0, 0.05) is 14.2 Å². The van der Waals surface area contributed by atoms with Crippen LogP contribution in [0.15, 0.2) is 0 Å². The van der Waals surface area contributed by atoms with Crippen molar-refractivity contribution in [3.05, 3.63) is 0 Å². The van der Waals surface area contributed by atoms with Gasteiger partial charge in [0.2, 0.25) is 0 Å². The molecule has 1 heterocycles.